The van der Waals surface area contributed by atoms with Gasteiger partial charge >= 0.3 is 5.97 Å². The minimum absolute atomic E-state index is 0. The van der Waals surface area contributed by atoms with Gasteiger partial charge in [-0.2, -0.15) is 0 Å². The molecule has 0 unspecified atom stereocenters. The Bertz CT molecular complexity index is 432. The zero-order chi connectivity index (χ0) is 13.2. The third kappa shape index (κ3) is 3.15. The SMILES string of the molecule is COC(=O)C(C)(C)[C@@H](N)c1cc(C)ccc1O.Cl. The van der Waals surface area contributed by atoms with Gasteiger partial charge in [0.15, 0.2) is 0 Å². The minimum atomic E-state index is -0.889. The first-order chi connectivity index (χ1) is 7.80. The lowest BCUT2D eigenvalue weighted by Crippen LogP contribution is -2.37. The van der Waals surface area contributed by atoms with E-state index in [1.54, 1.807) is 32.0 Å². The predicted octanol–water partition coefficient (Wildman–Crippen LogP) is 2.32. The lowest BCUT2D eigenvalue weighted by molar-refractivity contribution is -0.152. The van der Waals surface area contributed by atoms with Crippen LogP contribution in [0.1, 0.15) is 31.0 Å². The van der Waals surface area contributed by atoms with Crippen molar-refractivity contribution >= 4 is 18.4 Å². The molecular weight excluding hydrogens is 254 g/mol. The number of carbonyl (C=O) groups is 1. The second-order valence-electron chi connectivity index (χ2n) is 4.75. The molecule has 0 aliphatic rings. The van der Waals surface area contributed by atoms with E-state index < -0.39 is 17.4 Å². The first kappa shape index (κ1) is 16.7. The summed E-state index contributed by atoms with van der Waals surface area (Å²) >= 11 is 0. The van der Waals surface area contributed by atoms with Gasteiger partial charge in [0, 0.05) is 11.6 Å². The molecule has 0 saturated heterocycles. The van der Waals surface area contributed by atoms with Gasteiger partial charge in [-0.1, -0.05) is 17.7 Å². The summed E-state index contributed by atoms with van der Waals surface area (Å²) < 4.78 is 4.73. The number of hydrogen-bond acceptors (Lipinski definition) is 4. The quantitative estimate of drug-likeness (QED) is 0.829. The van der Waals surface area contributed by atoms with Crippen molar-refractivity contribution < 1.29 is 14.6 Å². The number of benzene rings is 1. The summed E-state index contributed by atoms with van der Waals surface area (Å²) in [4.78, 5) is 11.7. The highest BCUT2D eigenvalue weighted by molar-refractivity contribution is 5.85. The van der Waals surface area contributed by atoms with Gasteiger partial charge in [0.05, 0.1) is 12.5 Å². The Morgan fingerprint density at radius 1 is 1.44 bits per heavy atom. The van der Waals surface area contributed by atoms with Crippen molar-refractivity contribution in [3.05, 3.63) is 29.3 Å². The first-order valence-electron chi connectivity index (χ1n) is 5.44. The number of aryl methyl sites for hydroxylation is 1. The van der Waals surface area contributed by atoms with Crippen LogP contribution in [-0.2, 0) is 9.53 Å². The molecule has 1 aromatic carbocycles. The largest absolute Gasteiger partial charge is 0.508 e. The van der Waals surface area contributed by atoms with Crippen LogP contribution >= 0.6 is 12.4 Å². The molecule has 0 aliphatic carbocycles. The van der Waals surface area contributed by atoms with E-state index in [0.29, 0.717) is 5.56 Å². The van der Waals surface area contributed by atoms with E-state index in [4.69, 9.17) is 10.5 Å². The number of phenolic OH excluding ortho intramolecular Hbond substituents is 1. The number of aromatic hydroxyl groups is 1. The third-order valence-electron chi connectivity index (χ3n) is 3.01. The van der Waals surface area contributed by atoms with Crippen molar-refractivity contribution in [2.75, 3.05) is 7.11 Å². The van der Waals surface area contributed by atoms with Crippen LogP contribution in [0.4, 0.5) is 0 Å². The first-order valence-corrected chi connectivity index (χ1v) is 5.44. The summed E-state index contributed by atoms with van der Waals surface area (Å²) in [6.07, 6.45) is 0. The van der Waals surface area contributed by atoms with Crippen LogP contribution in [0.5, 0.6) is 5.75 Å². The highest BCUT2D eigenvalue weighted by Crippen LogP contribution is 2.36. The van der Waals surface area contributed by atoms with Gasteiger partial charge in [-0.15, -0.1) is 12.4 Å². The molecule has 0 saturated carbocycles. The Labute approximate surface area is 114 Å². The summed E-state index contributed by atoms with van der Waals surface area (Å²) in [7, 11) is 1.33. The smallest absolute Gasteiger partial charge is 0.313 e. The number of rotatable bonds is 3. The van der Waals surface area contributed by atoms with E-state index in [-0.39, 0.29) is 18.2 Å². The fraction of sp³-hybridized carbons (Fsp3) is 0.462. The molecule has 0 radical (unpaired) electrons. The highest BCUT2D eigenvalue weighted by atomic mass is 35.5. The molecule has 102 valence electrons. The zero-order valence-electron chi connectivity index (χ0n) is 11.1. The molecule has 0 amide bonds. The maximum atomic E-state index is 11.7. The van der Waals surface area contributed by atoms with E-state index in [1.165, 1.54) is 7.11 Å². The Balaban J connectivity index is 0.00000289. The van der Waals surface area contributed by atoms with Gasteiger partial charge in [-0.25, -0.2) is 0 Å². The molecule has 3 N–H and O–H groups in total. The summed E-state index contributed by atoms with van der Waals surface area (Å²) in [6.45, 7) is 5.30. The average Bonchev–Trinajstić information content (AvgIpc) is 2.30. The molecule has 0 bridgehead atoms. The average molecular weight is 274 g/mol. The predicted molar refractivity (Wildman–Crippen MR) is 72.8 cm³/mol. The van der Waals surface area contributed by atoms with Gasteiger partial charge in [0.25, 0.3) is 0 Å². The number of hydrogen-bond donors (Lipinski definition) is 2. The molecule has 4 nitrogen and oxygen atoms in total. The fourth-order valence-corrected chi connectivity index (χ4v) is 1.70. The topological polar surface area (TPSA) is 72.5 Å². The van der Waals surface area contributed by atoms with E-state index in [2.05, 4.69) is 0 Å². The number of halogens is 1. The van der Waals surface area contributed by atoms with Crippen molar-refractivity contribution in [2.24, 2.45) is 11.1 Å². The molecule has 0 fully saturated rings. The molecule has 1 aromatic rings. The Morgan fingerprint density at radius 2 is 2.00 bits per heavy atom. The molecule has 0 aromatic heterocycles. The zero-order valence-corrected chi connectivity index (χ0v) is 11.9. The Morgan fingerprint density at radius 3 is 2.50 bits per heavy atom. The lowest BCUT2D eigenvalue weighted by Gasteiger charge is -2.29. The molecule has 18 heavy (non-hydrogen) atoms. The molecule has 5 heteroatoms. The standard InChI is InChI=1S/C13H19NO3.ClH/c1-8-5-6-10(15)9(7-8)11(14)13(2,3)12(16)17-4;/h5-7,11,15H,14H2,1-4H3;1H/t11-;/m0./s1. The van der Waals surface area contributed by atoms with E-state index in [9.17, 15) is 9.90 Å². The number of esters is 1. The van der Waals surface area contributed by atoms with Gasteiger partial charge in [0.2, 0.25) is 0 Å². The number of phenols is 1. The van der Waals surface area contributed by atoms with Gasteiger partial charge < -0.3 is 15.6 Å². The summed E-state index contributed by atoms with van der Waals surface area (Å²) in [6, 6.07) is 4.54. The lowest BCUT2D eigenvalue weighted by atomic mass is 9.80. The maximum Gasteiger partial charge on any atom is 0.313 e. The van der Waals surface area contributed by atoms with E-state index in [1.807, 2.05) is 6.92 Å². The van der Waals surface area contributed by atoms with Crippen molar-refractivity contribution in [2.45, 2.75) is 26.8 Å². The summed E-state index contributed by atoms with van der Waals surface area (Å²) in [5, 5.41) is 9.79. The van der Waals surface area contributed by atoms with Crippen LogP contribution in [0.25, 0.3) is 0 Å². The fourth-order valence-electron chi connectivity index (χ4n) is 1.70. The minimum Gasteiger partial charge on any atom is -0.508 e. The third-order valence-corrected chi connectivity index (χ3v) is 3.01. The summed E-state index contributed by atoms with van der Waals surface area (Å²) in [5.74, 6) is -0.300. The molecule has 0 aliphatic heterocycles. The second-order valence-corrected chi connectivity index (χ2v) is 4.75. The van der Waals surface area contributed by atoms with Gasteiger partial charge in [-0.05, 0) is 26.8 Å². The van der Waals surface area contributed by atoms with E-state index in [0.717, 1.165) is 5.56 Å². The normalized spacial score (nSPS) is 12.5. The molecule has 0 heterocycles. The van der Waals surface area contributed by atoms with Crippen LogP contribution < -0.4 is 5.73 Å². The molecular formula is C13H20ClNO3. The Kier molecular flexibility index (Phi) is 5.64. The summed E-state index contributed by atoms with van der Waals surface area (Å²) in [5.41, 5.74) is 6.71. The monoisotopic (exact) mass is 273 g/mol. The Hall–Kier alpha value is -1.26. The van der Waals surface area contributed by atoms with Crippen LogP contribution in [0.3, 0.4) is 0 Å². The van der Waals surface area contributed by atoms with E-state index >= 15 is 0 Å². The second kappa shape index (κ2) is 6.07. The van der Waals surface area contributed by atoms with Gasteiger partial charge in [0.1, 0.15) is 5.75 Å². The van der Waals surface area contributed by atoms with Crippen LogP contribution in [0.2, 0.25) is 0 Å². The van der Waals surface area contributed by atoms with Crippen molar-refractivity contribution in [3.63, 3.8) is 0 Å². The van der Waals surface area contributed by atoms with Crippen LogP contribution in [0, 0.1) is 12.3 Å². The number of carbonyl (C=O) groups excluding carboxylic acids is 1. The van der Waals surface area contributed by atoms with Gasteiger partial charge in [-0.3, -0.25) is 4.79 Å². The number of nitrogens with two attached hydrogens (primary N) is 1. The van der Waals surface area contributed by atoms with Crippen LogP contribution in [-0.4, -0.2) is 18.2 Å². The van der Waals surface area contributed by atoms with Crippen molar-refractivity contribution in [1.29, 1.82) is 0 Å². The van der Waals surface area contributed by atoms with Crippen molar-refractivity contribution in [1.82, 2.24) is 0 Å². The molecule has 0 spiro atoms. The maximum absolute atomic E-state index is 11.7. The van der Waals surface area contributed by atoms with Crippen LogP contribution in [0.15, 0.2) is 18.2 Å². The van der Waals surface area contributed by atoms with Crippen molar-refractivity contribution in [3.8, 4) is 5.75 Å². The molecule has 1 rings (SSSR count). The number of methoxy groups -OCH3 is 1. The highest BCUT2D eigenvalue weighted by Gasteiger charge is 2.37. The molecule has 1 atom stereocenters. The number of ether oxygens (including phenoxy) is 1.